The molecule has 0 radical (unpaired) electrons. The Balaban J connectivity index is 1.36. The van der Waals surface area contributed by atoms with E-state index in [0.717, 1.165) is 22.3 Å². The number of nitrogens with one attached hydrogen (secondary N) is 2. The number of aliphatic hydroxyl groups is 1. The van der Waals surface area contributed by atoms with Crippen molar-refractivity contribution in [3.05, 3.63) is 156 Å². The number of hydrogen-bond acceptors (Lipinski definition) is 11. The van der Waals surface area contributed by atoms with Crippen molar-refractivity contribution in [2.75, 3.05) is 19.8 Å². The molecule has 0 aliphatic carbocycles. The molecule has 60 heavy (non-hydrogen) atoms. The van der Waals surface area contributed by atoms with Gasteiger partial charge in [0.1, 0.15) is 48.7 Å². The third-order valence-electron chi connectivity index (χ3n) is 10.1. The van der Waals surface area contributed by atoms with Crippen LogP contribution in [0.1, 0.15) is 36.1 Å². The summed E-state index contributed by atoms with van der Waals surface area (Å²) in [4.78, 5) is 25.6. The van der Waals surface area contributed by atoms with Gasteiger partial charge in [-0.15, -0.1) is 6.58 Å². The molecule has 0 aromatic heterocycles. The van der Waals surface area contributed by atoms with Crippen molar-refractivity contribution in [2.45, 2.75) is 102 Å². The first kappa shape index (κ1) is 44.7. The number of carbonyl (C=O) groups is 2. The van der Waals surface area contributed by atoms with Crippen LogP contribution in [0.5, 0.6) is 0 Å². The Hall–Kier alpha value is -4.80. The van der Waals surface area contributed by atoms with Crippen LogP contribution in [-0.4, -0.2) is 98.0 Å². The summed E-state index contributed by atoms with van der Waals surface area (Å²) >= 11 is 0. The van der Waals surface area contributed by atoms with Gasteiger partial charge in [-0.1, -0.05) is 127 Å². The molecule has 6 rings (SSSR count). The molecule has 4 aromatic rings. The highest BCUT2D eigenvalue weighted by Gasteiger charge is 2.53. The van der Waals surface area contributed by atoms with Crippen LogP contribution >= 0.6 is 0 Å². The minimum Gasteiger partial charge on any atom is -0.374 e. The van der Waals surface area contributed by atoms with Gasteiger partial charge in [0.15, 0.2) is 12.6 Å². The molecule has 3 N–H and O–H groups in total. The molecule has 2 heterocycles. The van der Waals surface area contributed by atoms with Crippen LogP contribution in [0.2, 0.25) is 0 Å². The van der Waals surface area contributed by atoms with E-state index < -0.39 is 67.2 Å². The SMILES string of the molecule is C=CCO[C@@H]1[C@@H](NC(C)=O)[C@@H](O)O[C@H](COCc2ccccc2)[C@H]1O[C@@H]1O[C@H](COCc2ccccc2)[C@@H](OCc2ccccc2)[C@H](OCc2ccccc2)[C@H]1NC(C)=O. The van der Waals surface area contributed by atoms with E-state index in [9.17, 15) is 14.7 Å². The second kappa shape index (κ2) is 23.3. The van der Waals surface area contributed by atoms with Gasteiger partial charge in [-0.25, -0.2) is 0 Å². The molecule has 2 aliphatic rings. The second-order valence-electron chi connectivity index (χ2n) is 14.8. The Morgan fingerprint density at radius 2 is 1.00 bits per heavy atom. The monoisotopic (exact) mass is 824 g/mol. The molecule has 13 nitrogen and oxygen atoms in total. The minimum absolute atomic E-state index is 0.0325. The van der Waals surface area contributed by atoms with Crippen LogP contribution in [0.4, 0.5) is 0 Å². The summed E-state index contributed by atoms with van der Waals surface area (Å²) in [6.07, 6.45) is -6.50. The third-order valence-corrected chi connectivity index (χ3v) is 10.1. The van der Waals surface area contributed by atoms with Gasteiger partial charge in [0.05, 0.1) is 46.2 Å². The fourth-order valence-electron chi connectivity index (χ4n) is 7.35. The molecular weight excluding hydrogens is 769 g/mol. The fraction of sp³-hybridized carbons (Fsp3) is 0.404. The van der Waals surface area contributed by atoms with Crippen molar-refractivity contribution in [2.24, 2.45) is 0 Å². The van der Waals surface area contributed by atoms with E-state index in [-0.39, 0.29) is 45.5 Å². The van der Waals surface area contributed by atoms with Gasteiger partial charge in [-0.05, 0) is 22.3 Å². The van der Waals surface area contributed by atoms with E-state index >= 15 is 0 Å². The van der Waals surface area contributed by atoms with Crippen molar-refractivity contribution in [3.63, 3.8) is 0 Å². The Morgan fingerprint density at radius 3 is 1.47 bits per heavy atom. The first-order valence-electron chi connectivity index (χ1n) is 20.2. The van der Waals surface area contributed by atoms with Crippen molar-refractivity contribution >= 4 is 11.8 Å². The first-order chi connectivity index (χ1) is 29.3. The summed E-state index contributed by atoms with van der Waals surface area (Å²) < 4.78 is 52.2. The van der Waals surface area contributed by atoms with Crippen LogP contribution in [0.25, 0.3) is 0 Å². The Bertz CT molecular complexity index is 1870. The van der Waals surface area contributed by atoms with E-state index in [1.54, 1.807) is 6.08 Å². The molecule has 320 valence electrons. The third kappa shape index (κ3) is 13.1. The number of aliphatic hydroxyl groups excluding tert-OH is 1. The smallest absolute Gasteiger partial charge is 0.217 e. The molecule has 2 fully saturated rings. The predicted octanol–water partition coefficient (Wildman–Crippen LogP) is 5.00. The lowest BCUT2D eigenvalue weighted by Gasteiger charge is -2.50. The lowest BCUT2D eigenvalue weighted by atomic mass is 9.94. The Kier molecular flexibility index (Phi) is 17.4. The van der Waals surface area contributed by atoms with Crippen LogP contribution in [0.15, 0.2) is 134 Å². The lowest BCUT2D eigenvalue weighted by molar-refractivity contribution is -0.339. The number of amides is 2. The fourth-order valence-corrected chi connectivity index (χ4v) is 7.35. The summed E-state index contributed by atoms with van der Waals surface area (Å²) in [6, 6.07) is 36.8. The van der Waals surface area contributed by atoms with Gasteiger partial charge in [-0.3, -0.25) is 9.59 Å². The highest BCUT2D eigenvalue weighted by molar-refractivity contribution is 5.73. The number of benzene rings is 4. The molecule has 0 bridgehead atoms. The molecule has 10 atom stereocenters. The lowest BCUT2D eigenvalue weighted by Crippen LogP contribution is -2.70. The number of ether oxygens (including phenoxy) is 8. The normalized spacial score (nSPS) is 26.5. The summed E-state index contributed by atoms with van der Waals surface area (Å²) in [7, 11) is 0. The quantitative estimate of drug-likeness (QED) is 0.0975. The number of hydrogen-bond donors (Lipinski definition) is 3. The first-order valence-corrected chi connectivity index (χ1v) is 20.2. The maximum atomic E-state index is 13.1. The molecule has 0 spiro atoms. The summed E-state index contributed by atoms with van der Waals surface area (Å²) in [5, 5.41) is 17.1. The summed E-state index contributed by atoms with van der Waals surface area (Å²) in [5.74, 6) is -0.777. The van der Waals surface area contributed by atoms with Crippen LogP contribution < -0.4 is 10.6 Å². The van der Waals surface area contributed by atoms with Gasteiger partial charge in [0.2, 0.25) is 11.8 Å². The van der Waals surface area contributed by atoms with E-state index in [0.29, 0.717) is 6.61 Å². The number of carbonyl (C=O) groups excluding carboxylic acids is 2. The van der Waals surface area contributed by atoms with Gasteiger partial charge in [0, 0.05) is 13.8 Å². The molecule has 0 unspecified atom stereocenters. The predicted molar refractivity (Wildman–Crippen MR) is 222 cm³/mol. The van der Waals surface area contributed by atoms with E-state index in [2.05, 4.69) is 17.2 Å². The topological polar surface area (TPSA) is 152 Å². The maximum Gasteiger partial charge on any atom is 0.217 e. The average molecular weight is 825 g/mol. The average Bonchev–Trinajstić information content (AvgIpc) is 3.25. The maximum absolute atomic E-state index is 13.1. The zero-order valence-corrected chi connectivity index (χ0v) is 34.1. The van der Waals surface area contributed by atoms with Crippen LogP contribution in [0, 0.1) is 0 Å². The van der Waals surface area contributed by atoms with Crippen molar-refractivity contribution in [1.29, 1.82) is 0 Å². The van der Waals surface area contributed by atoms with Crippen molar-refractivity contribution in [1.82, 2.24) is 10.6 Å². The highest BCUT2D eigenvalue weighted by Crippen LogP contribution is 2.34. The zero-order chi connectivity index (χ0) is 42.1. The minimum atomic E-state index is -1.48. The van der Waals surface area contributed by atoms with Gasteiger partial charge >= 0.3 is 0 Å². The molecule has 4 aromatic carbocycles. The van der Waals surface area contributed by atoms with Gasteiger partial charge in [0.25, 0.3) is 0 Å². The van der Waals surface area contributed by atoms with Crippen molar-refractivity contribution in [3.8, 4) is 0 Å². The van der Waals surface area contributed by atoms with Crippen LogP contribution in [0.3, 0.4) is 0 Å². The molecule has 0 saturated carbocycles. The van der Waals surface area contributed by atoms with E-state index in [1.807, 2.05) is 121 Å². The van der Waals surface area contributed by atoms with Crippen LogP contribution in [-0.2, 0) is 73.9 Å². The molecule has 13 heteroatoms. The van der Waals surface area contributed by atoms with Crippen molar-refractivity contribution < 1.29 is 52.6 Å². The zero-order valence-electron chi connectivity index (χ0n) is 34.1. The Morgan fingerprint density at radius 1 is 0.583 bits per heavy atom. The van der Waals surface area contributed by atoms with Gasteiger partial charge in [-0.2, -0.15) is 0 Å². The van der Waals surface area contributed by atoms with Gasteiger partial charge < -0.3 is 53.6 Å². The molecule has 2 amide bonds. The highest BCUT2D eigenvalue weighted by atomic mass is 16.7. The number of rotatable bonds is 21. The standard InChI is InChI=1S/C47H56N2O11/c1-4-25-55-44-40(48-32(2)50)46(52)58-39(31-54-27-35-19-11-6-12-20-35)43(44)60-47-41(49-33(3)51)45(57-29-37-23-15-8-16-24-37)42(56-28-36-21-13-7-14-22-36)38(59-47)30-53-26-34-17-9-5-10-18-34/h4-24,38-47,52H,1,25-31H2,2-3H3,(H,48,50)(H,49,51)/t38-,39-,40-,41-,42-,43-,44-,45-,46+,47+/m1/s1. The van der Waals surface area contributed by atoms with E-state index in [1.165, 1.54) is 13.8 Å². The summed E-state index contributed by atoms with van der Waals surface area (Å²) in [5.41, 5.74) is 3.74. The summed E-state index contributed by atoms with van der Waals surface area (Å²) in [6.45, 7) is 7.60. The van der Waals surface area contributed by atoms with E-state index in [4.69, 9.17) is 37.9 Å². The largest absolute Gasteiger partial charge is 0.374 e. The molecular formula is C47H56N2O11. The Labute approximate surface area is 351 Å². The second-order valence-corrected chi connectivity index (χ2v) is 14.8. The molecule has 2 aliphatic heterocycles. The molecule has 2 saturated heterocycles.